The number of amides is 3. The first-order chi connectivity index (χ1) is 26.2. The SMILES string of the molecule is Cn1c(-c2ccc(N3CC(CN4CCC(c5ccc(Nc6nc(N7CCCCC7)cnc6C(N)=O)cc5)CC4)C3)cc2)nn(C2CCC(=O)NC2=O)c1=O. The number of primary amides is 1. The van der Waals surface area contributed by atoms with Gasteiger partial charge < -0.3 is 25.8 Å². The molecule has 4 N–H and O–H groups in total. The van der Waals surface area contributed by atoms with Crippen LogP contribution in [0.4, 0.5) is 23.0 Å². The first-order valence-electron chi connectivity index (χ1n) is 19.1. The Morgan fingerprint density at radius 1 is 0.907 bits per heavy atom. The largest absolute Gasteiger partial charge is 0.371 e. The molecule has 15 heteroatoms. The molecule has 6 heterocycles. The highest BCUT2D eigenvalue weighted by molar-refractivity contribution is 5.99. The van der Waals surface area contributed by atoms with E-state index in [4.69, 9.17) is 10.7 Å². The van der Waals surface area contributed by atoms with Crippen molar-refractivity contribution in [1.29, 1.82) is 0 Å². The molecule has 15 nitrogen and oxygen atoms in total. The minimum Gasteiger partial charge on any atom is -0.371 e. The van der Waals surface area contributed by atoms with Crippen molar-refractivity contribution < 1.29 is 14.4 Å². The number of nitrogens with two attached hydrogens (primary N) is 1. The Morgan fingerprint density at radius 3 is 2.31 bits per heavy atom. The zero-order valence-corrected chi connectivity index (χ0v) is 30.6. The van der Waals surface area contributed by atoms with Crippen molar-refractivity contribution in [1.82, 2.24) is 34.5 Å². The third-order valence-corrected chi connectivity index (χ3v) is 11.4. The Hall–Kier alpha value is -5.57. The minimum absolute atomic E-state index is 0.142. The van der Waals surface area contributed by atoms with Gasteiger partial charge in [0.15, 0.2) is 17.3 Å². The molecule has 3 amide bonds. The van der Waals surface area contributed by atoms with Gasteiger partial charge in [-0.1, -0.05) is 12.1 Å². The average Bonchev–Trinajstić information content (AvgIpc) is 3.46. The van der Waals surface area contributed by atoms with Gasteiger partial charge in [0.2, 0.25) is 5.91 Å². The maximum atomic E-state index is 12.9. The molecule has 2 aromatic carbocycles. The van der Waals surface area contributed by atoms with E-state index in [0.29, 0.717) is 23.5 Å². The molecular weight excluding hydrogens is 687 g/mol. The van der Waals surface area contributed by atoms with E-state index in [1.54, 1.807) is 13.2 Å². The van der Waals surface area contributed by atoms with E-state index in [9.17, 15) is 19.2 Å². The predicted octanol–water partition coefficient (Wildman–Crippen LogP) is 3.17. The summed E-state index contributed by atoms with van der Waals surface area (Å²) in [6, 6.07) is 15.7. The summed E-state index contributed by atoms with van der Waals surface area (Å²) in [4.78, 5) is 65.2. The number of rotatable bonds is 10. The van der Waals surface area contributed by atoms with Crippen LogP contribution in [0.2, 0.25) is 0 Å². The van der Waals surface area contributed by atoms with Crippen molar-refractivity contribution in [3.8, 4) is 11.4 Å². The van der Waals surface area contributed by atoms with Crippen LogP contribution in [-0.4, -0.2) is 92.8 Å². The normalized spacial score (nSPS) is 20.1. The van der Waals surface area contributed by atoms with Crippen molar-refractivity contribution in [3.05, 3.63) is 76.5 Å². The molecule has 282 valence electrons. The Morgan fingerprint density at radius 2 is 1.63 bits per heavy atom. The van der Waals surface area contributed by atoms with Crippen LogP contribution in [-0.2, 0) is 16.6 Å². The number of carbonyl (C=O) groups excluding carboxylic acids is 3. The summed E-state index contributed by atoms with van der Waals surface area (Å²) in [7, 11) is 1.65. The topological polar surface area (TPSA) is 177 Å². The molecule has 8 rings (SSSR count). The molecule has 1 unspecified atom stereocenters. The van der Waals surface area contributed by atoms with Gasteiger partial charge >= 0.3 is 5.69 Å². The van der Waals surface area contributed by atoms with Gasteiger partial charge in [-0.05, 0) is 99.5 Å². The molecule has 4 fully saturated rings. The summed E-state index contributed by atoms with van der Waals surface area (Å²) < 4.78 is 2.64. The van der Waals surface area contributed by atoms with E-state index < -0.39 is 17.9 Å². The zero-order valence-electron chi connectivity index (χ0n) is 30.6. The molecule has 0 saturated carbocycles. The van der Waals surface area contributed by atoms with E-state index in [1.807, 2.05) is 24.3 Å². The molecular formula is C39H47N11O4. The van der Waals surface area contributed by atoms with E-state index in [1.165, 1.54) is 21.2 Å². The van der Waals surface area contributed by atoms with Crippen LogP contribution in [0.3, 0.4) is 0 Å². The lowest BCUT2D eigenvalue weighted by atomic mass is 9.88. The Bertz CT molecular complexity index is 2070. The molecule has 2 aromatic heterocycles. The third-order valence-electron chi connectivity index (χ3n) is 11.4. The number of carbonyl (C=O) groups is 3. The summed E-state index contributed by atoms with van der Waals surface area (Å²) in [5.74, 6) is 1.33. The second-order valence-electron chi connectivity index (χ2n) is 15.1. The minimum atomic E-state index is -0.789. The number of piperidine rings is 3. The second kappa shape index (κ2) is 15.0. The number of nitrogens with one attached hydrogen (secondary N) is 2. The number of hydrogen-bond donors (Lipinski definition) is 3. The summed E-state index contributed by atoms with van der Waals surface area (Å²) in [5, 5.41) is 10.1. The fraction of sp³-hybridized carbons (Fsp3) is 0.462. The monoisotopic (exact) mass is 733 g/mol. The number of anilines is 4. The van der Waals surface area contributed by atoms with Crippen LogP contribution in [0, 0.1) is 5.92 Å². The first-order valence-corrected chi connectivity index (χ1v) is 19.1. The van der Waals surface area contributed by atoms with Gasteiger partial charge in [0.1, 0.15) is 11.9 Å². The molecule has 0 bridgehead atoms. The Balaban J connectivity index is 0.809. The maximum absolute atomic E-state index is 12.9. The third kappa shape index (κ3) is 7.32. The summed E-state index contributed by atoms with van der Waals surface area (Å²) >= 11 is 0. The van der Waals surface area contributed by atoms with Crippen LogP contribution in [0.25, 0.3) is 11.4 Å². The molecule has 54 heavy (non-hydrogen) atoms. The molecule has 4 aliphatic rings. The highest BCUT2D eigenvalue weighted by atomic mass is 16.2. The number of nitrogens with zero attached hydrogens (tertiary/aromatic N) is 8. The van der Waals surface area contributed by atoms with E-state index in [-0.39, 0.29) is 30.1 Å². The lowest BCUT2D eigenvalue weighted by Gasteiger charge is -2.44. The van der Waals surface area contributed by atoms with Gasteiger partial charge in [0, 0.05) is 69.0 Å². The van der Waals surface area contributed by atoms with Crippen molar-refractivity contribution in [2.45, 2.75) is 56.9 Å². The van der Waals surface area contributed by atoms with Crippen LogP contribution < -0.4 is 31.9 Å². The first kappa shape index (κ1) is 35.5. The van der Waals surface area contributed by atoms with Crippen molar-refractivity contribution >= 4 is 40.7 Å². The highest BCUT2D eigenvalue weighted by Crippen LogP contribution is 2.33. The zero-order chi connectivity index (χ0) is 37.3. The van der Waals surface area contributed by atoms with Crippen LogP contribution in [0.5, 0.6) is 0 Å². The quantitative estimate of drug-likeness (QED) is 0.204. The second-order valence-corrected chi connectivity index (χ2v) is 15.1. The van der Waals surface area contributed by atoms with Gasteiger partial charge in [-0.3, -0.25) is 24.3 Å². The Labute approximate surface area is 313 Å². The smallest absolute Gasteiger partial charge is 0.346 e. The highest BCUT2D eigenvalue weighted by Gasteiger charge is 2.33. The standard InChI is InChI=1S/C39H47N11O4/c1-46-37(45-50(39(46)54)31-13-14-33(51)44-38(31)53)28-7-11-30(12-8-28)49-23-25(24-49)22-47-19-15-27(16-20-47)26-5-9-29(10-6-26)42-36-34(35(40)52)41-21-32(43-36)48-17-3-2-4-18-48/h5-12,21,25,27,31H,2-4,13-20,22-24H2,1H3,(H2,40,52)(H,42,43)(H,44,51,53). The summed E-state index contributed by atoms with van der Waals surface area (Å²) in [6.45, 7) is 7.10. The number of hydrogen-bond acceptors (Lipinski definition) is 11. The van der Waals surface area contributed by atoms with E-state index >= 15 is 0 Å². The maximum Gasteiger partial charge on any atom is 0.346 e. The van der Waals surface area contributed by atoms with Crippen molar-refractivity contribution in [3.63, 3.8) is 0 Å². The average molecular weight is 734 g/mol. The van der Waals surface area contributed by atoms with Crippen LogP contribution in [0.1, 0.15) is 73.0 Å². The van der Waals surface area contributed by atoms with Crippen molar-refractivity contribution in [2.24, 2.45) is 18.7 Å². The number of benzene rings is 2. The molecule has 0 aliphatic carbocycles. The van der Waals surface area contributed by atoms with Gasteiger partial charge in [-0.25, -0.2) is 19.4 Å². The number of likely N-dealkylation sites (tertiary alicyclic amines) is 1. The molecule has 4 aromatic rings. The van der Waals surface area contributed by atoms with Crippen molar-refractivity contribution in [2.75, 3.05) is 60.9 Å². The Kier molecular flexibility index (Phi) is 9.88. The molecule has 0 spiro atoms. The van der Waals surface area contributed by atoms with E-state index in [2.05, 4.69) is 59.7 Å². The molecule has 4 aliphatic heterocycles. The van der Waals surface area contributed by atoms with E-state index in [0.717, 1.165) is 94.3 Å². The molecule has 4 saturated heterocycles. The van der Waals surface area contributed by atoms with Gasteiger partial charge in [-0.2, -0.15) is 0 Å². The van der Waals surface area contributed by atoms with Gasteiger partial charge in [0.25, 0.3) is 11.8 Å². The fourth-order valence-electron chi connectivity index (χ4n) is 8.26. The summed E-state index contributed by atoms with van der Waals surface area (Å²) in [5.41, 5.74) is 9.49. The molecule has 1 atom stereocenters. The lowest BCUT2D eigenvalue weighted by molar-refractivity contribution is -0.136. The summed E-state index contributed by atoms with van der Waals surface area (Å²) in [6.07, 6.45) is 7.78. The van der Waals surface area contributed by atoms with Crippen LogP contribution >= 0.6 is 0 Å². The lowest BCUT2D eigenvalue weighted by Crippen LogP contribution is -2.52. The molecule has 0 radical (unpaired) electrons. The van der Waals surface area contributed by atoms with Crippen LogP contribution in [0.15, 0.2) is 59.5 Å². The van der Waals surface area contributed by atoms with Gasteiger partial charge in [0.05, 0.1) is 6.20 Å². The van der Waals surface area contributed by atoms with Gasteiger partial charge in [-0.15, -0.1) is 5.10 Å². The number of aromatic nitrogens is 5. The predicted molar refractivity (Wildman–Crippen MR) is 205 cm³/mol. The fourth-order valence-corrected chi connectivity index (χ4v) is 8.26. The number of imide groups is 1.